The van der Waals surface area contributed by atoms with E-state index in [4.69, 9.17) is 9.47 Å². The van der Waals surface area contributed by atoms with Gasteiger partial charge in [0.1, 0.15) is 17.3 Å². The molecule has 0 fully saturated rings. The van der Waals surface area contributed by atoms with Gasteiger partial charge in [0, 0.05) is 23.5 Å². The number of carbonyl (C=O) groups is 1. The van der Waals surface area contributed by atoms with Gasteiger partial charge in [-0.15, -0.1) is 5.10 Å². The first kappa shape index (κ1) is 22.5. The van der Waals surface area contributed by atoms with Gasteiger partial charge in [-0.1, -0.05) is 31.2 Å². The van der Waals surface area contributed by atoms with Crippen LogP contribution in [0, 0.1) is 6.92 Å². The lowest BCUT2D eigenvalue weighted by Gasteiger charge is -2.24. The van der Waals surface area contributed by atoms with Crippen molar-refractivity contribution in [3.63, 3.8) is 0 Å². The summed E-state index contributed by atoms with van der Waals surface area (Å²) in [6.07, 6.45) is 2.87. The summed E-state index contributed by atoms with van der Waals surface area (Å²) in [5.74, 6) is 2.15. The molecule has 0 spiro atoms. The van der Waals surface area contributed by atoms with Gasteiger partial charge in [-0.2, -0.15) is 14.9 Å². The van der Waals surface area contributed by atoms with Crippen LogP contribution in [-0.4, -0.2) is 44.6 Å². The van der Waals surface area contributed by atoms with Crippen molar-refractivity contribution in [2.75, 3.05) is 19.0 Å². The zero-order valence-corrected chi connectivity index (χ0v) is 19.9. The Kier molecular flexibility index (Phi) is 6.13. The molecule has 9 heteroatoms. The Balaban J connectivity index is 1.53. The summed E-state index contributed by atoms with van der Waals surface area (Å²) < 4.78 is 12.6. The maximum Gasteiger partial charge on any atom is 0.272 e. The average Bonchev–Trinajstić information content (AvgIpc) is 3.23. The summed E-state index contributed by atoms with van der Waals surface area (Å²) in [4.78, 5) is 17.4. The number of nitrogens with zero attached hydrogens (tertiary/aromatic N) is 5. The van der Waals surface area contributed by atoms with Gasteiger partial charge in [0.15, 0.2) is 0 Å². The standard InChI is InChI=1S/C26H26N6O3/c1-4-12-35-19-10-8-17(9-11-19)21-14-23(33)29-25-24(21)16(2)31-32(25)26-28-22(15-27-30-26)18-6-5-7-20(13-18)34-3/h5-11,13,15,21H,4,12,14H2,1-3H3,(H,29,33). The average molecular weight is 471 g/mol. The molecule has 0 saturated carbocycles. The molecule has 1 amide bonds. The highest BCUT2D eigenvalue weighted by molar-refractivity contribution is 5.95. The minimum atomic E-state index is -0.137. The lowest BCUT2D eigenvalue weighted by atomic mass is 9.86. The van der Waals surface area contributed by atoms with Crippen molar-refractivity contribution in [1.29, 1.82) is 0 Å². The van der Waals surface area contributed by atoms with Crippen LogP contribution in [0.5, 0.6) is 11.5 Å². The molecule has 4 aromatic rings. The second kappa shape index (κ2) is 9.54. The molecular weight excluding hydrogens is 444 g/mol. The van der Waals surface area contributed by atoms with E-state index in [0.717, 1.165) is 40.3 Å². The topological polar surface area (TPSA) is 104 Å². The number of carbonyl (C=O) groups excluding carboxylic acids is 1. The van der Waals surface area contributed by atoms with Gasteiger partial charge in [0.2, 0.25) is 5.91 Å². The van der Waals surface area contributed by atoms with Crippen LogP contribution in [-0.2, 0) is 4.79 Å². The van der Waals surface area contributed by atoms with Crippen LogP contribution < -0.4 is 14.8 Å². The third-order valence-electron chi connectivity index (χ3n) is 5.96. The fourth-order valence-corrected chi connectivity index (χ4v) is 4.30. The quantitative estimate of drug-likeness (QED) is 0.429. The zero-order chi connectivity index (χ0) is 24.4. The predicted molar refractivity (Wildman–Crippen MR) is 131 cm³/mol. The molecule has 0 bridgehead atoms. The van der Waals surface area contributed by atoms with Gasteiger partial charge < -0.3 is 14.8 Å². The Hall–Kier alpha value is -4.27. The number of methoxy groups -OCH3 is 1. The lowest BCUT2D eigenvalue weighted by molar-refractivity contribution is -0.116. The molecule has 2 aromatic carbocycles. The highest BCUT2D eigenvalue weighted by atomic mass is 16.5. The fraction of sp³-hybridized carbons (Fsp3) is 0.269. The summed E-state index contributed by atoms with van der Waals surface area (Å²) in [6, 6.07) is 15.5. The Morgan fingerprint density at radius 2 is 1.97 bits per heavy atom. The number of amides is 1. The van der Waals surface area contributed by atoms with E-state index in [2.05, 4.69) is 32.5 Å². The number of ether oxygens (including phenoxy) is 2. The van der Waals surface area contributed by atoms with Gasteiger partial charge in [0.05, 0.1) is 31.3 Å². The Morgan fingerprint density at radius 1 is 1.14 bits per heavy atom. The number of fused-ring (bicyclic) bond motifs is 1. The van der Waals surface area contributed by atoms with E-state index in [9.17, 15) is 4.79 Å². The van der Waals surface area contributed by atoms with Crippen LogP contribution in [0.15, 0.2) is 54.7 Å². The maximum absolute atomic E-state index is 12.7. The minimum absolute atomic E-state index is 0.0909. The van der Waals surface area contributed by atoms with Crippen molar-refractivity contribution in [3.8, 4) is 28.7 Å². The molecule has 0 saturated heterocycles. The molecule has 35 heavy (non-hydrogen) atoms. The van der Waals surface area contributed by atoms with Crippen LogP contribution in [0.1, 0.15) is 42.5 Å². The number of rotatable bonds is 7. The van der Waals surface area contributed by atoms with Crippen molar-refractivity contribution in [3.05, 3.63) is 71.5 Å². The Bertz CT molecular complexity index is 1370. The van der Waals surface area contributed by atoms with Gasteiger partial charge in [-0.05, 0) is 43.2 Å². The molecule has 0 aliphatic carbocycles. The molecule has 1 atom stereocenters. The number of aromatic nitrogens is 5. The van der Waals surface area contributed by atoms with E-state index in [1.807, 2.05) is 55.5 Å². The van der Waals surface area contributed by atoms with E-state index in [1.165, 1.54) is 0 Å². The monoisotopic (exact) mass is 470 g/mol. The smallest absolute Gasteiger partial charge is 0.272 e. The highest BCUT2D eigenvalue weighted by Gasteiger charge is 2.33. The third kappa shape index (κ3) is 4.44. The summed E-state index contributed by atoms with van der Waals surface area (Å²) in [6.45, 7) is 4.67. The van der Waals surface area contributed by atoms with Crippen LogP contribution in [0.25, 0.3) is 17.2 Å². The summed E-state index contributed by atoms with van der Waals surface area (Å²) >= 11 is 0. The number of hydrogen-bond acceptors (Lipinski definition) is 7. The Morgan fingerprint density at radius 3 is 2.74 bits per heavy atom. The van der Waals surface area contributed by atoms with Crippen LogP contribution in [0.4, 0.5) is 5.82 Å². The fourth-order valence-electron chi connectivity index (χ4n) is 4.30. The first-order valence-corrected chi connectivity index (χ1v) is 11.5. The number of anilines is 1. The van der Waals surface area contributed by atoms with Crippen molar-refractivity contribution in [1.82, 2.24) is 25.0 Å². The molecule has 178 valence electrons. The van der Waals surface area contributed by atoms with E-state index in [0.29, 0.717) is 24.5 Å². The van der Waals surface area contributed by atoms with Crippen molar-refractivity contribution < 1.29 is 14.3 Å². The number of nitrogens with one attached hydrogen (secondary N) is 1. The van der Waals surface area contributed by atoms with Crippen LogP contribution >= 0.6 is 0 Å². The Labute approximate surface area is 203 Å². The normalized spacial score (nSPS) is 14.8. The number of hydrogen-bond donors (Lipinski definition) is 1. The third-order valence-corrected chi connectivity index (χ3v) is 5.96. The van der Waals surface area contributed by atoms with Gasteiger partial charge >= 0.3 is 0 Å². The number of benzene rings is 2. The lowest BCUT2D eigenvalue weighted by Crippen LogP contribution is -2.25. The molecule has 5 rings (SSSR count). The predicted octanol–water partition coefficient (Wildman–Crippen LogP) is 4.30. The first-order valence-electron chi connectivity index (χ1n) is 11.5. The summed E-state index contributed by atoms with van der Waals surface area (Å²) in [5, 5.41) is 16.0. The maximum atomic E-state index is 12.7. The van der Waals surface area contributed by atoms with Gasteiger partial charge in [0.25, 0.3) is 5.95 Å². The van der Waals surface area contributed by atoms with E-state index in [-0.39, 0.29) is 17.8 Å². The summed E-state index contributed by atoms with van der Waals surface area (Å²) in [5.41, 5.74) is 4.23. The van der Waals surface area contributed by atoms with Crippen molar-refractivity contribution in [2.24, 2.45) is 0 Å². The van der Waals surface area contributed by atoms with Crippen molar-refractivity contribution in [2.45, 2.75) is 32.6 Å². The van der Waals surface area contributed by atoms with Crippen LogP contribution in [0.2, 0.25) is 0 Å². The summed E-state index contributed by atoms with van der Waals surface area (Å²) in [7, 11) is 1.62. The molecule has 3 heterocycles. The van der Waals surface area contributed by atoms with Crippen molar-refractivity contribution >= 4 is 11.7 Å². The molecular formula is C26H26N6O3. The van der Waals surface area contributed by atoms with E-state index < -0.39 is 0 Å². The molecule has 1 aliphatic heterocycles. The second-order valence-electron chi connectivity index (χ2n) is 8.36. The van der Waals surface area contributed by atoms with Crippen LogP contribution in [0.3, 0.4) is 0 Å². The molecule has 9 nitrogen and oxygen atoms in total. The van der Waals surface area contributed by atoms with E-state index in [1.54, 1.807) is 18.0 Å². The second-order valence-corrected chi connectivity index (χ2v) is 8.36. The minimum Gasteiger partial charge on any atom is -0.497 e. The van der Waals surface area contributed by atoms with Gasteiger partial charge in [-0.3, -0.25) is 4.79 Å². The van der Waals surface area contributed by atoms with Gasteiger partial charge in [-0.25, -0.2) is 4.98 Å². The molecule has 0 radical (unpaired) electrons. The largest absolute Gasteiger partial charge is 0.497 e. The SMILES string of the molecule is CCCOc1ccc(C2CC(=O)Nc3c2c(C)nn3-c2nncc(-c3cccc(OC)c3)n2)cc1. The highest BCUT2D eigenvalue weighted by Crippen LogP contribution is 2.40. The molecule has 1 N–H and O–H groups in total. The first-order chi connectivity index (χ1) is 17.1. The molecule has 1 unspecified atom stereocenters. The molecule has 2 aromatic heterocycles. The van der Waals surface area contributed by atoms with E-state index >= 15 is 0 Å². The zero-order valence-electron chi connectivity index (χ0n) is 19.9. The number of aryl methyl sites for hydroxylation is 1. The molecule has 1 aliphatic rings.